The largest absolute Gasteiger partial charge is 0.508 e. The van der Waals surface area contributed by atoms with Crippen molar-refractivity contribution in [2.45, 2.75) is 43.8 Å². The molecule has 212 valence electrons. The van der Waals surface area contributed by atoms with Gasteiger partial charge in [-0.1, -0.05) is 30.3 Å². The van der Waals surface area contributed by atoms with Crippen LogP contribution in [0, 0.1) is 0 Å². The van der Waals surface area contributed by atoms with Crippen LogP contribution in [0.2, 0.25) is 0 Å². The van der Waals surface area contributed by atoms with Crippen LogP contribution in [-0.4, -0.2) is 74.6 Å². The van der Waals surface area contributed by atoms with Crippen LogP contribution in [0.4, 0.5) is 0 Å². The highest BCUT2D eigenvalue weighted by atomic mass is 16.4. The number of hydrogen-bond acceptors (Lipinski definition) is 7. The highest BCUT2D eigenvalue weighted by molar-refractivity contribution is 5.93. The van der Waals surface area contributed by atoms with Crippen LogP contribution < -0.4 is 21.7 Å². The molecule has 3 atom stereocenters. The van der Waals surface area contributed by atoms with E-state index in [4.69, 9.17) is 10.8 Å². The number of phenols is 1. The van der Waals surface area contributed by atoms with Gasteiger partial charge in [0.2, 0.25) is 17.7 Å². The first-order valence-electron chi connectivity index (χ1n) is 12.4. The Hall–Kier alpha value is -4.91. The summed E-state index contributed by atoms with van der Waals surface area (Å²) in [6, 6.07) is 9.92. The Morgan fingerprint density at radius 3 is 2.25 bits per heavy atom. The first-order chi connectivity index (χ1) is 19.0. The number of carbonyl (C=O) groups is 5. The highest BCUT2D eigenvalue weighted by Gasteiger charge is 2.26. The molecule has 0 saturated heterocycles. The number of carbonyl (C=O) groups excluding carboxylic acids is 3. The molecule has 0 bridgehead atoms. The normalized spacial score (nSPS) is 13.1. The van der Waals surface area contributed by atoms with E-state index in [1.165, 1.54) is 12.1 Å². The number of hydrogen-bond donors (Lipinski definition) is 8. The number of aromatic nitrogens is 1. The molecule has 0 aliphatic rings. The number of benzene rings is 2. The van der Waals surface area contributed by atoms with E-state index in [1.807, 2.05) is 24.3 Å². The topological polar surface area (TPSA) is 224 Å². The maximum Gasteiger partial charge on any atom is 0.326 e. The van der Waals surface area contributed by atoms with Gasteiger partial charge in [0.05, 0.1) is 12.6 Å². The second-order valence-corrected chi connectivity index (χ2v) is 9.21. The summed E-state index contributed by atoms with van der Waals surface area (Å²) < 4.78 is 0. The number of rotatable bonds is 14. The van der Waals surface area contributed by atoms with Gasteiger partial charge in [-0.25, -0.2) is 4.79 Å². The summed E-state index contributed by atoms with van der Waals surface area (Å²) in [5, 5.41) is 35.6. The summed E-state index contributed by atoms with van der Waals surface area (Å²) in [4.78, 5) is 63.4. The molecule has 0 aliphatic carbocycles. The quantitative estimate of drug-likeness (QED) is 0.134. The highest BCUT2D eigenvalue weighted by Crippen LogP contribution is 2.19. The Morgan fingerprint density at radius 1 is 0.875 bits per heavy atom. The minimum absolute atomic E-state index is 0.00956. The van der Waals surface area contributed by atoms with Gasteiger partial charge in [-0.15, -0.1) is 0 Å². The Labute approximate surface area is 228 Å². The summed E-state index contributed by atoms with van der Waals surface area (Å²) >= 11 is 0. The maximum absolute atomic E-state index is 13.0. The van der Waals surface area contributed by atoms with Crippen molar-refractivity contribution in [3.63, 3.8) is 0 Å². The fraction of sp³-hybridized carbons (Fsp3) is 0.296. The third-order valence-electron chi connectivity index (χ3n) is 6.16. The maximum atomic E-state index is 13.0. The van der Waals surface area contributed by atoms with Gasteiger partial charge < -0.3 is 42.0 Å². The van der Waals surface area contributed by atoms with Gasteiger partial charge in [0.1, 0.15) is 17.8 Å². The molecular formula is C27H31N5O8. The predicted molar refractivity (Wildman–Crippen MR) is 143 cm³/mol. The molecule has 3 rings (SSSR count). The number of aromatic amines is 1. The Balaban J connectivity index is 1.65. The Morgan fingerprint density at radius 2 is 1.57 bits per heavy atom. The first-order valence-corrected chi connectivity index (χ1v) is 12.4. The Bertz CT molecular complexity index is 1370. The van der Waals surface area contributed by atoms with Crippen LogP contribution in [0.1, 0.15) is 24.0 Å². The van der Waals surface area contributed by atoms with Crippen LogP contribution in [0.15, 0.2) is 54.7 Å². The molecule has 0 saturated carbocycles. The lowest BCUT2D eigenvalue weighted by Gasteiger charge is -2.21. The monoisotopic (exact) mass is 553 g/mol. The third-order valence-corrected chi connectivity index (χ3v) is 6.16. The third kappa shape index (κ3) is 8.56. The molecule has 3 unspecified atom stereocenters. The van der Waals surface area contributed by atoms with E-state index >= 15 is 0 Å². The number of aliphatic carboxylic acids is 2. The van der Waals surface area contributed by atoms with E-state index < -0.39 is 60.8 Å². The van der Waals surface area contributed by atoms with E-state index in [9.17, 15) is 34.2 Å². The van der Waals surface area contributed by atoms with Crippen molar-refractivity contribution in [3.8, 4) is 5.75 Å². The summed E-state index contributed by atoms with van der Waals surface area (Å²) in [5.41, 5.74) is 8.48. The molecule has 0 fully saturated rings. The van der Waals surface area contributed by atoms with Crippen molar-refractivity contribution in [2.75, 3.05) is 6.54 Å². The number of nitrogens with one attached hydrogen (secondary N) is 4. The zero-order valence-electron chi connectivity index (χ0n) is 21.4. The van der Waals surface area contributed by atoms with Gasteiger partial charge in [-0.05, 0) is 42.2 Å². The average Bonchev–Trinajstić information content (AvgIpc) is 3.32. The smallest absolute Gasteiger partial charge is 0.326 e. The van der Waals surface area contributed by atoms with Crippen LogP contribution in [-0.2, 0) is 36.8 Å². The number of nitrogens with two attached hydrogens (primary N) is 1. The van der Waals surface area contributed by atoms with E-state index in [0.717, 1.165) is 16.5 Å². The molecular weight excluding hydrogens is 522 g/mol. The lowest BCUT2D eigenvalue weighted by molar-refractivity contribution is -0.143. The number of phenolic OH excluding ortho intramolecular Hbond substituents is 1. The molecule has 13 heteroatoms. The molecule has 2 aromatic carbocycles. The molecule has 40 heavy (non-hydrogen) atoms. The number of para-hydroxylation sites is 1. The second kappa shape index (κ2) is 13.8. The van der Waals surface area contributed by atoms with Crippen molar-refractivity contribution in [3.05, 3.63) is 65.9 Å². The van der Waals surface area contributed by atoms with Crippen molar-refractivity contribution in [1.82, 2.24) is 20.9 Å². The van der Waals surface area contributed by atoms with E-state index in [0.29, 0.717) is 5.56 Å². The molecule has 1 aromatic heterocycles. The number of carboxylic acid groups (broad SMARTS) is 2. The van der Waals surface area contributed by atoms with Crippen LogP contribution >= 0.6 is 0 Å². The molecule has 3 amide bonds. The number of aromatic hydroxyl groups is 1. The van der Waals surface area contributed by atoms with Gasteiger partial charge in [-0.3, -0.25) is 19.2 Å². The van der Waals surface area contributed by atoms with Gasteiger partial charge in [-0.2, -0.15) is 0 Å². The Kier molecular flexibility index (Phi) is 10.2. The zero-order valence-corrected chi connectivity index (χ0v) is 21.4. The lowest BCUT2D eigenvalue weighted by Crippen LogP contribution is -2.54. The molecule has 3 aromatic rings. The van der Waals surface area contributed by atoms with Crippen LogP contribution in [0.5, 0.6) is 5.75 Å². The van der Waals surface area contributed by atoms with Gasteiger partial charge in [0.15, 0.2) is 0 Å². The molecule has 13 nitrogen and oxygen atoms in total. The number of carboxylic acids is 2. The second-order valence-electron chi connectivity index (χ2n) is 9.21. The lowest BCUT2D eigenvalue weighted by atomic mass is 10.0. The number of fused-ring (bicyclic) bond motifs is 1. The molecule has 1 heterocycles. The summed E-state index contributed by atoms with van der Waals surface area (Å²) in [6.45, 7) is -0.612. The molecule has 0 aliphatic heterocycles. The minimum atomic E-state index is -1.45. The van der Waals surface area contributed by atoms with Crippen molar-refractivity contribution in [2.24, 2.45) is 5.73 Å². The van der Waals surface area contributed by atoms with Crippen LogP contribution in [0.3, 0.4) is 0 Å². The fourth-order valence-corrected chi connectivity index (χ4v) is 4.05. The van der Waals surface area contributed by atoms with Gasteiger partial charge in [0, 0.05) is 29.9 Å². The summed E-state index contributed by atoms with van der Waals surface area (Å²) in [5.74, 6) is -4.80. The summed E-state index contributed by atoms with van der Waals surface area (Å²) in [7, 11) is 0. The predicted octanol–water partition coefficient (Wildman–Crippen LogP) is 0.0212. The van der Waals surface area contributed by atoms with E-state index in [-0.39, 0.29) is 25.0 Å². The summed E-state index contributed by atoms with van der Waals surface area (Å²) in [6.07, 6.45) is 1.16. The van der Waals surface area contributed by atoms with Gasteiger partial charge >= 0.3 is 11.9 Å². The van der Waals surface area contributed by atoms with E-state index in [1.54, 1.807) is 18.3 Å². The van der Waals surface area contributed by atoms with Crippen molar-refractivity contribution in [1.29, 1.82) is 0 Å². The minimum Gasteiger partial charge on any atom is -0.508 e. The standard InChI is InChI=1S/C27H31N5O8/c28-19(12-16-13-29-20-4-2-1-3-18(16)20)25(37)32-22(11-15-5-7-17(33)8-6-15)26(38)30-14-23(34)31-21(27(39)40)9-10-24(35)36/h1-8,13,19,21-22,29,33H,9-12,14,28H2,(H,30,38)(H,31,34)(H,32,37)(H,35,36)(H,39,40). The number of amides is 3. The van der Waals surface area contributed by atoms with Crippen LogP contribution in [0.25, 0.3) is 10.9 Å². The first kappa shape index (κ1) is 29.6. The fourth-order valence-electron chi connectivity index (χ4n) is 4.05. The average molecular weight is 554 g/mol. The molecule has 0 spiro atoms. The zero-order chi connectivity index (χ0) is 29.2. The number of H-pyrrole nitrogens is 1. The van der Waals surface area contributed by atoms with E-state index in [2.05, 4.69) is 20.9 Å². The van der Waals surface area contributed by atoms with Crippen molar-refractivity contribution >= 4 is 40.6 Å². The molecule has 0 radical (unpaired) electrons. The van der Waals surface area contributed by atoms with Gasteiger partial charge in [0.25, 0.3) is 0 Å². The SMILES string of the molecule is NC(Cc1c[nH]c2ccccc12)C(=O)NC(Cc1ccc(O)cc1)C(=O)NCC(=O)NC(CCC(=O)O)C(=O)O. The van der Waals surface area contributed by atoms with Crippen molar-refractivity contribution < 1.29 is 39.3 Å². The molecule has 9 N–H and O–H groups in total.